The number of benzene rings is 2. The highest BCUT2D eigenvalue weighted by Crippen LogP contribution is 2.24. The SMILES string of the molecule is NC(c1ccc(Cl)cc1)c1cc(F)cc(Br)c1. The molecule has 2 rings (SSSR count). The van der Waals surface area contributed by atoms with Gasteiger partial charge in [-0.15, -0.1) is 0 Å². The van der Waals surface area contributed by atoms with Crippen molar-refractivity contribution in [3.8, 4) is 0 Å². The van der Waals surface area contributed by atoms with Crippen LogP contribution in [0.15, 0.2) is 46.9 Å². The fourth-order valence-corrected chi connectivity index (χ4v) is 2.23. The van der Waals surface area contributed by atoms with E-state index in [0.717, 1.165) is 11.1 Å². The maximum absolute atomic E-state index is 13.3. The first-order valence-corrected chi connectivity index (χ1v) is 6.20. The molecule has 0 spiro atoms. The molecular formula is C13H10BrClFN. The minimum atomic E-state index is -0.362. The van der Waals surface area contributed by atoms with Crippen LogP contribution in [0.25, 0.3) is 0 Å². The van der Waals surface area contributed by atoms with Crippen molar-refractivity contribution in [2.75, 3.05) is 0 Å². The maximum atomic E-state index is 13.3. The van der Waals surface area contributed by atoms with Gasteiger partial charge in [0.25, 0.3) is 0 Å². The summed E-state index contributed by atoms with van der Waals surface area (Å²) in [6.07, 6.45) is 0. The van der Waals surface area contributed by atoms with Gasteiger partial charge in [0.05, 0.1) is 6.04 Å². The van der Waals surface area contributed by atoms with Gasteiger partial charge in [-0.25, -0.2) is 4.39 Å². The largest absolute Gasteiger partial charge is 0.320 e. The molecule has 0 aromatic heterocycles. The average Bonchev–Trinajstić information content (AvgIpc) is 2.28. The lowest BCUT2D eigenvalue weighted by atomic mass is 10.00. The molecule has 0 aliphatic heterocycles. The number of rotatable bonds is 2. The first-order chi connectivity index (χ1) is 8.06. The van der Waals surface area contributed by atoms with Crippen molar-refractivity contribution in [1.29, 1.82) is 0 Å². The Kier molecular flexibility index (Phi) is 3.82. The fourth-order valence-electron chi connectivity index (χ4n) is 1.62. The molecule has 0 radical (unpaired) electrons. The highest BCUT2D eigenvalue weighted by molar-refractivity contribution is 9.10. The third kappa shape index (κ3) is 3.06. The maximum Gasteiger partial charge on any atom is 0.124 e. The van der Waals surface area contributed by atoms with Gasteiger partial charge >= 0.3 is 0 Å². The predicted molar refractivity (Wildman–Crippen MR) is 71.6 cm³/mol. The van der Waals surface area contributed by atoms with Gasteiger partial charge < -0.3 is 5.73 Å². The summed E-state index contributed by atoms with van der Waals surface area (Å²) in [4.78, 5) is 0. The van der Waals surface area contributed by atoms with Crippen LogP contribution in [-0.4, -0.2) is 0 Å². The summed E-state index contributed by atoms with van der Waals surface area (Å²) in [6, 6.07) is 11.5. The summed E-state index contributed by atoms with van der Waals surface area (Å²) in [7, 11) is 0. The molecule has 1 atom stereocenters. The minimum Gasteiger partial charge on any atom is -0.320 e. The Bertz CT molecular complexity index is 507. The van der Waals surface area contributed by atoms with Gasteiger partial charge in [0, 0.05) is 9.50 Å². The molecule has 17 heavy (non-hydrogen) atoms. The van der Waals surface area contributed by atoms with Crippen LogP contribution in [0.1, 0.15) is 17.2 Å². The van der Waals surface area contributed by atoms with E-state index in [1.165, 1.54) is 12.1 Å². The molecule has 0 saturated carbocycles. The van der Waals surface area contributed by atoms with E-state index >= 15 is 0 Å². The van der Waals surface area contributed by atoms with Crippen LogP contribution in [0.4, 0.5) is 4.39 Å². The predicted octanol–water partition coefficient (Wildman–Crippen LogP) is 4.29. The summed E-state index contributed by atoms with van der Waals surface area (Å²) in [6.45, 7) is 0. The minimum absolute atomic E-state index is 0.307. The molecule has 0 heterocycles. The lowest BCUT2D eigenvalue weighted by molar-refractivity contribution is 0.622. The zero-order chi connectivity index (χ0) is 12.4. The Morgan fingerprint density at radius 3 is 2.29 bits per heavy atom. The fraction of sp³-hybridized carbons (Fsp3) is 0.0769. The molecule has 0 aliphatic carbocycles. The zero-order valence-electron chi connectivity index (χ0n) is 8.83. The average molecular weight is 315 g/mol. The van der Waals surface area contributed by atoms with Gasteiger partial charge in [-0.05, 0) is 41.5 Å². The molecule has 0 amide bonds. The van der Waals surface area contributed by atoms with Crippen LogP contribution < -0.4 is 5.73 Å². The first kappa shape index (κ1) is 12.6. The second-order valence-corrected chi connectivity index (χ2v) is 5.08. The van der Waals surface area contributed by atoms with Crippen molar-refractivity contribution >= 4 is 27.5 Å². The molecule has 2 N–H and O–H groups in total. The van der Waals surface area contributed by atoms with Crippen LogP contribution in [0.3, 0.4) is 0 Å². The summed E-state index contributed by atoms with van der Waals surface area (Å²) in [5.41, 5.74) is 7.69. The molecule has 2 aromatic carbocycles. The number of hydrogen-bond acceptors (Lipinski definition) is 1. The van der Waals surface area contributed by atoms with Gasteiger partial charge in [0.15, 0.2) is 0 Å². The van der Waals surface area contributed by atoms with Gasteiger partial charge in [-0.3, -0.25) is 0 Å². The molecule has 0 fully saturated rings. The summed E-state index contributed by atoms with van der Waals surface area (Å²) in [5.74, 6) is -0.307. The molecule has 1 unspecified atom stereocenters. The van der Waals surface area contributed by atoms with E-state index in [0.29, 0.717) is 9.50 Å². The van der Waals surface area contributed by atoms with Crippen LogP contribution in [0.2, 0.25) is 5.02 Å². The third-order valence-electron chi connectivity index (χ3n) is 2.47. The second kappa shape index (κ2) is 5.17. The standard InChI is InChI=1S/C13H10BrClFN/c14-10-5-9(6-12(16)7-10)13(17)8-1-3-11(15)4-2-8/h1-7,13H,17H2. The molecule has 88 valence electrons. The smallest absolute Gasteiger partial charge is 0.124 e. The number of halogens is 3. The Hall–Kier alpha value is -0.900. The van der Waals surface area contributed by atoms with E-state index in [1.54, 1.807) is 12.1 Å². The van der Waals surface area contributed by atoms with E-state index in [9.17, 15) is 4.39 Å². The van der Waals surface area contributed by atoms with Gasteiger partial charge in [-0.2, -0.15) is 0 Å². The van der Waals surface area contributed by atoms with Gasteiger partial charge in [0.2, 0.25) is 0 Å². The van der Waals surface area contributed by atoms with E-state index in [1.807, 2.05) is 18.2 Å². The summed E-state index contributed by atoms with van der Waals surface area (Å²) >= 11 is 9.05. The van der Waals surface area contributed by atoms with Crippen molar-refractivity contribution in [2.45, 2.75) is 6.04 Å². The van der Waals surface area contributed by atoms with Crippen molar-refractivity contribution in [2.24, 2.45) is 5.73 Å². The van der Waals surface area contributed by atoms with Gasteiger partial charge in [-0.1, -0.05) is 39.7 Å². The topological polar surface area (TPSA) is 26.0 Å². The van der Waals surface area contributed by atoms with E-state index in [4.69, 9.17) is 17.3 Å². The first-order valence-electron chi connectivity index (χ1n) is 5.03. The molecule has 1 nitrogen and oxygen atoms in total. The Morgan fingerprint density at radius 2 is 1.71 bits per heavy atom. The zero-order valence-corrected chi connectivity index (χ0v) is 11.2. The Labute approximate surface area is 113 Å². The van der Waals surface area contributed by atoms with E-state index < -0.39 is 0 Å². The van der Waals surface area contributed by atoms with E-state index in [-0.39, 0.29) is 11.9 Å². The normalized spacial score (nSPS) is 12.5. The third-order valence-corrected chi connectivity index (χ3v) is 3.18. The molecule has 0 saturated heterocycles. The highest BCUT2D eigenvalue weighted by Gasteiger charge is 2.10. The monoisotopic (exact) mass is 313 g/mol. The molecule has 0 aliphatic rings. The quantitative estimate of drug-likeness (QED) is 0.879. The van der Waals surface area contributed by atoms with Crippen molar-refractivity contribution < 1.29 is 4.39 Å². The lowest BCUT2D eigenvalue weighted by Crippen LogP contribution is -2.12. The molecule has 4 heteroatoms. The van der Waals surface area contributed by atoms with Crippen molar-refractivity contribution in [1.82, 2.24) is 0 Å². The van der Waals surface area contributed by atoms with Crippen molar-refractivity contribution in [3.63, 3.8) is 0 Å². The van der Waals surface area contributed by atoms with Crippen molar-refractivity contribution in [3.05, 3.63) is 68.9 Å². The second-order valence-electron chi connectivity index (χ2n) is 3.73. The summed E-state index contributed by atoms with van der Waals surface area (Å²) < 4.78 is 13.9. The lowest BCUT2D eigenvalue weighted by Gasteiger charge is -2.13. The van der Waals surface area contributed by atoms with E-state index in [2.05, 4.69) is 15.9 Å². The summed E-state index contributed by atoms with van der Waals surface area (Å²) in [5, 5.41) is 0.654. The van der Waals surface area contributed by atoms with Crippen LogP contribution in [0.5, 0.6) is 0 Å². The Balaban J connectivity index is 2.36. The van der Waals surface area contributed by atoms with Gasteiger partial charge in [0.1, 0.15) is 5.82 Å². The van der Waals surface area contributed by atoms with Crippen LogP contribution in [-0.2, 0) is 0 Å². The molecule has 2 aromatic rings. The molecular weight excluding hydrogens is 305 g/mol. The number of hydrogen-bond donors (Lipinski definition) is 1. The number of nitrogens with two attached hydrogens (primary N) is 1. The van der Waals surface area contributed by atoms with Crippen LogP contribution >= 0.6 is 27.5 Å². The Morgan fingerprint density at radius 1 is 1.06 bits per heavy atom. The molecule has 0 bridgehead atoms. The van der Waals surface area contributed by atoms with Crippen LogP contribution in [0, 0.1) is 5.82 Å². The highest BCUT2D eigenvalue weighted by atomic mass is 79.9.